The summed E-state index contributed by atoms with van der Waals surface area (Å²) in [6.07, 6.45) is 0. The van der Waals surface area contributed by atoms with Crippen LogP contribution < -0.4 is 10.1 Å². The molecule has 1 amide bonds. The molecule has 0 saturated carbocycles. The predicted octanol–water partition coefficient (Wildman–Crippen LogP) is 4.18. The van der Waals surface area contributed by atoms with E-state index in [0.717, 1.165) is 17.2 Å². The molecule has 0 unspecified atom stereocenters. The topological polar surface area (TPSA) is 38.3 Å². The van der Waals surface area contributed by atoms with E-state index in [1.165, 1.54) is 16.7 Å². The third-order valence-electron chi connectivity index (χ3n) is 3.14. The molecule has 0 fully saturated rings. The van der Waals surface area contributed by atoms with Gasteiger partial charge in [-0.15, -0.1) is 11.8 Å². The molecule has 0 aliphatic heterocycles. The zero-order valence-corrected chi connectivity index (χ0v) is 14.0. The average molecular weight is 315 g/mol. The van der Waals surface area contributed by atoms with E-state index in [1.807, 2.05) is 24.3 Å². The summed E-state index contributed by atoms with van der Waals surface area (Å²) < 4.78 is 5.14. The third-order valence-corrected chi connectivity index (χ3v) is 4.14. The van der Waals surface area contributed by atoms with E-state index in [9.17, 15) is 4.79 Å². The van der Waals surface area contributed by atoms with Gasteiger partial charge in [-0.25, -0.2) is 0 Å². The van der Waals surface area contributed by atoms with Crippen LogP contribution in [0.2, 0.25) is 0 Å². The molecule has 0 bridgehead atoms. The lowest BCUT2D eigenvalue weighted by Crippen LogP contribution is -2.14. The Morgan fingerprint density at radius 1 is 1.14 bits per heavy atom. The fourth-order valence-corrected chi connectivity index (χ4v) is 3.07. The van der Waals surface area contributed by atoms with E-state index in [1.54, 1.807) is 18.9 Å². The van der Waals surface area contributed by atoms with Crippen LogP contribution in [-0.2, 0) is 10.5 Å². The summed E-state index contributed by atoms with van der Waals surface area (Å²) in [6.45, 7) is 4.19. The second-order valence-corrected chi connectivity index (χ2v) is 6.25. The van der Waals surface area contributed by atoms with Crippen molar-refractivity contribution < 1.29 is 9.53 Å². The monoisotopic (exact) mass is 315 g/mol. The van der Waals surface area contributed by atoms with Crippen LogP contribution in [-0.4, -0.2) is 18.8 Å². The molecule has 1 N–H and O–H groups in total. The quantitative estimate of drug-likeness (QED) is 0.869. The van der Waals surface area contributed by atoms with Gasteiger partial charge in [-0.1, -0.05) is 35.4 Å². The van der Waals surface area contributed by atoms with Gasteiger partial charge >= 0.3 is 0 Å². The average Bonchev–Trinajstić information content (AvgIpc) is 2.46. The fourth-order valence-electron chi connectivity index (χ4n) is 2.31. The number of thioether (sulfide) groups is 1. The van der Waals surface area contributed by atoms with E-state index in [4.69, 9.17) is 4.74 Å². The number of hydrogen-bond acceptors (Lipinski definition) is 3. The molecule has 2 aromatic carbocycles. The highest BCUT2D eigenvalue weighted by atomic mass is 32.2. The molecule has 0 heterocycles. The SMILES string of the molecule is COc1cccc(NC(=O)CSCc2cc(C)cc(C)c2)c1. The normalized spacial score (nSPS) is 10.3. The molecular formula is C18H21NO2S. The number of aryl methyl sites for hydroxylation is 2. The molecule has 0 aliphatic rings. The summed E-state index contributed by atoms with van der Waals surface area (Å²) in [7, 11) is 1.61. The van der Waals surface area contributed by atoms with E-state index < -0.39 is 0 Å². The Labute approximate surface area is 136 Å². The van der Waals surface area contributed by atoms with Gasteiger partial charge in [-0.3, -0.25) is 4.79 Å². The maximum absolute atomic E-state index is 12.0. The zero-order valence-electron chi connectivity index (χ0n) is 13.2. The number of ether oxygens (including phenoxy) is 1. The Kier molecular flexibility index (Phi) is 5.90. The van der Waals surface area contributed by atoms with Crippen molar-refractivity contribution in [2.75, 3.05) is 18.2 Å². The number of nitrogens with one attached hydrogen (secondary N) is 1. The summed E-state index contributed by atoms with van der Waals surface area (Å²) in [5, 5.41) is 2.89. The Morgan fingerprint density at radius 2 is 1.86 bits per heavy atom. The first-order chi connectivity index (χ1) is 10.6. The molecule has 2 aromatic rings. The van der Waals surface area contributed by atoms with Crippen molar-refractivity contribution in [2.24, 2.45) is 0 Å². The van der Waals surface area contributed by atoms with Crippen LogP contribution in [0.15, 0.2) is 42.5 Å². The second-order valence-electron chi connectivity index (χ2n) is 5.27. The molecule has 0 aliphatic carbocycles. The summed E-state index contributed by atoms with van der Waals surface area (Å²) in [6, 6.07) is 13.9. The van der Waals surface area contributed by atoms with E-state index in [0.29, 0.717) is 5.75 Å². The fraction of sp³-hybridized carbons (Fsp3) is 0.278. The van der Waals surface area contributed by atoms with Crippen molar-refractivity contribution in [2.45, 2.75) is 19.6 Å². The van der Waals surface area contributed by atoms with Gasteiger partial charge in [0.1, 0.15) is 5.75 Å². The highest BCUT2D eigenvalue weighted by Crippen LogP contribution is 2.18. The highest BCUT2D eigenvalue weighted by molar-refractivity contribution is 7.99. The number of anilines is 1. The first-order valence-electron chi connectivity index (χ1n) is 7.15. The van der Waals surface area contributed by atoms with Crippen LogP contribution >= 0.6 is 11.8 Å². The number of benzene rings is 2. The van der Waals surface area contributed by atoms with Gasteiger partial charge in [0.2, 0.25) is 5.91 Å². The molecule has 0 radical (unpaired) electrons. The maximum atomic E-state index is 12.0. The minimum absolute atomic E-state index is 0.00243. The van der Waals surface area contributed by atoms with Crippen LogP contribution in [0.3, 0.4) is 0 Å². The Bertz CT molecular complexity index is 635. The number of rotatable bonds is 6. The first kappa shape index (κ1) is 16.4. The van der Waals surface area contributed by atoms with Crippen molar-refractivity contribution in [3.63, 3.8) is 0 Å². The largest absolute Gasteiger partial charge is 0.497 e. The van der Waals surface area contributed by atoms with Crippen LogP contribution in [0.5, 0.6) is 5.75 Å². The number of amides is 1. The van der Waals surface area contributed by atoms with Crippen LogP contribution in [0, 0.1) is 13.8 Å². The summed E-state index contributed by atoms with van der Waals surface area (Å²) >= 11 is 1.62. The van der Waals surface area contributed by atoms with Gasteiger partial charge in [0.05, 0.1) is 12.9 Å². The predicted molar refractivity (Wildman–Crippen MR) is 93.7 cm³/mol. The minimum Gasteiger partial charge on any atom is -0.497 e. The van der Waals surface area contributed by atoms with Crippen LogP contribution in [0.25, 0.3) is 0 Å². The Morgan fingerprint density at radius 3 is 2.55 bits per heavy atom. The second kappa shape index (κ2) is 7.90. The van der Waals surface area contributed by atoms with Crippen LogP contribution in [0.4, 0.5) is 5.69 Å². The molecule has 116 valence electrons. The van der Waals surface area contributed by atoms with E-state index in [2.05, 4.69) is 37.4 Å². The lowest BCUT2D eigenvalue weighted by atomic mass is 10.1. The van der Waals surface area contributed by atoms with Gasteiger partial charge in [-0.05, 0) is 31.5 Å². The zero-order chi connectivity index (χ0) is 15.9. The van der Waals surface area contributed by atoms with E-state index >= 15 is 0 Å². The van der Waals surface area contributed by atoms with Crippen molar-refractivity contribution >= 4 is 23.4 Å². The molecule has 0 spiro atoms. The van der Waals surface area contributed by atoms with Gasteiger partial charge < -0.3 is 10.1 Å². The summed E-state index contributed by atoms with van der Waals surface area (Å²) in [4.78, 5) is 12.0. The van der Waals surface area contributed by atoms with Crippen molar-refractivity contribution in [3.05, 3.63) is 59.2 Å². The molecular weight excluding hydrogens is 294 g/mol. The highest BCUT2D eigenvalue weighted by Gasteiger charge is 2.04. The summed E-state index contributed by atoms with van der Waals surface area (Å²) in [5.74, 6) is 2.02. The molecule has 0 saturated heterocycles. The lowest BCUT2D eigenvalue weighted by Gasteiger charge is -2.08. The smallest absolute Gasteiger partial charge is 0.234 e. The lowest BCUT2D eigenvalue weighted by molar-refractivity contribution is -0.113. The third kappa shape index (κ3) is 5.11. The number of carbonyl (C=O) groups excluding carboxylic acids is 1. The Hall–Kier alpha value is -1.94. The molecule has 4 heteroatoms. The molecule has 0 atom stereocenters. The van der Waals surface area contributed by atoms with Gasteiger partial charge in [0, 0.05) is 17.5 Å². The Balaban J connectivity index is 1.82. The van der Waals surface area contributed by atoms with E-state index in [-0.39, 0.29) is 5.91 Å². The van der Waals surface area contributed by atoms with Gasteiger partial charge in [0.15, 0.2) is 0 Å². The standard InChI is InChI=1S/C18H21NO2S/c1-13-7-14(2)9-15(8-13)11-22-12-18(20)19-16-5-4-6-17(10-16)21-3/h4-10H,11-12H2,1-3H3,(H,19,20). The minimum atomic E-state index is 0.00243. The summed E-state index contributed by atoms with van der Waals surface area (Å²) in [5.41, 5.74) is 4.54. The van der Waals surface area contributed by atoms with Crippen molar-refractivity contribution in [1.82, 2.24) is 0 Å². The van der Waals surface area contributed by atoms with Crippen LogP contribution in [0.1, 0.15) is 16.7 Å². The molecule has 2 rings (SSSR count). The van der Waals surface area contributed by atoms with Gasteiger partial charge in [-0.2, -0.15) is 0 Å². The molecule has 3 nitrogen and oxygen atoms in total. The number of carbonyl (C=O) groups is 1. The molecule has 0 aromatic heterocycles. The molecule has 22 heavy (non-hydrogen) atoms. The van der Waals surface area contributed by atoms with Crippen molar-refractivity contribution in [1.29, 1.82) is 0 Å². The first-order valence-corrected chi connectivity index (χ1v) is 8.31. The maximum Gasteiger partial charge on any atom is 0.234 e. The number of methoxy groups -OCH3 is 1. The van der Waals surface area contributed by atoms with Crippen molar-refractivity contribution in [3.8, 4) is 5.75 Å². The number of hydrogen-bond donors (Lipinski definition) is 1. The van der Waals surface area contributed by atoms with Gasteiger partial charge in [0.25, 0.3) is 0 Å².